The van der Waals surface area contributed by atoms with Crippen molar-refractivity contribution in [3.05, 3.63) is 0 Å². The number of rotatable bonds is 9. The van der Waals surface area contributed by atoms with Gasteiger partial charge < -0.3 is 26.0 Å². The van der Waals surface area contributed by atoms with Crippen LogP contribution in [0, 0.1) is 0 Å². The van der Waals surface area contributed by atoms with E-state index in [-0.39, 0.29) is 18.6 Å². The van der Waals surface area contributed by atoms with Gasteiger partial charge in [0.05, 0.1) is 0 Å². The standard InChI is InChI=1S/C10H16N2O7S/c13-6(10(18)19)1-2-7(14)12-5(4-20)9(17)11-3-8(15)16/h5-6,13,20H,1-4H2,(H,11,17)(H,12,14)(H,15,16)(H,18,19). The van der Waals surface area contributed by atoms with E-state index in [4.69, 9.17) is 15.3 Å². The van der Waals surface area contributed by atoms with Crippen molar-refractivity contribution in [1.29, 1.82) is 0 Å². The molecule has 5 N–H and O–H groups in total. The number of thiol groups is 1. The molecule has 0 aromatic carbocycles. The van der Waals surface area contributed by atoms with Crippen LogP contribution in [-0.4, -0.2) is 63.5 Å². The Morgan fingerprint density at radius 2 is 1.75 bits per heavy atom. The number of carboxylic acid groups (broad SMARTS) is 2. The second kappa shape index (κ2) is 9.15. The highest BCUT2D eigenvalue weighted by atomic mass is 32.1. The molecule has 0 bridgehead atoms. The van der Waals surface area contributed by atoms with E-state index >= 15 is 0 Å². The van der Waals surface area contributed by atoms with Crippen molar-refractivity contribution in [3.63, 3.8) is 0 Å². The zero-order chi connectivity index (χ0) is 15.7. The van der Waals surface area contributed by atoms with E-state index in [1.165, 1.54) is 0 Å². The summed E-state index contributed by atoms with van der Waals surface area (Å²) < 4.78 is 0. The van der Waals surface area contributed by atoms with Crippen LogP contribution in [-0.2, 0) is 19.2 Å². The first-order valence-corrected chi connectivity index (χ1v) is 6.21. The zero-order valence-electron chi connectivity index (χ0n) is 10.4. The molecule has 9 nitrogen and oxygen atoms in total. The minimum absolute atomic E-state index is 0.0569. The largest absolute Gasteiger partial charge is 0.480 e. The van der Waals surface area contributed by atoms with Gasteiger partial charge in [-0.05, 0) is 6.42 Å². The lowest BCUT2D eigenvalue weighted by Crippen LogP contribution is -2.49. The first-order chi connectivity index (χ1) is 9.27. The second-order valence-corrected chi connectivity index (χ2v) is 4.17. The van der Waals surface area contributed by atoms with Gasteiger partial charge >= 0.3 is 11.9 Å². The van der Waals surface area contributed by atoms with Crippen molar-refractivity contribution < 1.29 is 34.5 Å². The number of carbonyl (C=O) groups excluding carboxylic acids is 2. The summed E-state index contributed by atoms with van der Waals surface area (Å²) in [6.45, 7) is -0.587. The van der Waals surface area contributed by atoms with Crippen molar-refractivity contribution in [2.24, 2.45) is 0 Å². The van der Waals surface area contributed by atoms with Crippen LogP contribution < -0.4 is 10.6 Å². The molecule has 20 heavy (non-hydrogen) atoms. The van der Waals surface area contributed by atoms with Gasteiger partial charge in [-0.3, -0.25) is 14.4 Å². The molecular formula is C10H16N2O7S. The first-order valence-electron chi connectivity index (χ1n) is 5.58. The number of hydrogen-bond acceptors (Lipinski definition) is 6. The number of carbonyl (C=O) groups is 4. The third kappa shape index (κ3) is 7.59. The molecule has 2 amide bonds. The number of aliphatic hydroxyl groups is 1. The fourth-order valence-corrected chi connectivity index (χ4v) is 1.39. The summed E-state index contributed by atoms with van der Waals surface area (Å²) in [5.74, 6) is -4.09. The molecule has 0 aliphatic heterocycles. The molecule has 2 unspecified atom stereocenters. The maximum Gasteiger partial charge on any atom is 0.332 e. The molecule has 2 atom stereocenters. The van der Waals surface area contributed by atoms with Crippen LogP contribution in [0.4, 0.5) is 0 Å². The summed E-state index contributed by atoms with van der Waals surface area (Å²) >= 11 is 3.85. The Balaban J connectivity index is 4.21. The zero-order valence-corrected chi connectivity index (χ0v) is 11.3. The lowest BCUT2D eigenvalue weighted by Gasteiger charge is -2.16. The number of amides is 2. The van der Waals surface area contributed by atoms with Crippen LogP contribution in [0.15, 0.2) is 0 Å². The Morgan fingerprint density at radius 1 is 1.15 bits per heavy atom. The minimum Gasteiger partial charge on any atom is -0.480 e. The molecule has 0 spiro atoms. The van der Waals surface area contributed by atoms with Crippen LogP contribution in [0.5, 0.6) is 0 Å². The molecule has 0 saturated heterocycles. The molecule has 0 aliphatic rings. The molecule has 114 valence electrons. The van der Waals surface area contributed by atoms with Gasteiger partial charge in [-0.15, -0.1) is 0 Å². The summed E-state index contributed by atoms with van der Waals surface area (Å²) in [7, 11) is 0. The van der Waals surface area contributed by atoms with E-state index in [1.807, 2.05) is 0 Å². The molecule has 0 saturated carbocycles. The Kier molecular flexibility index (Phi) is 8.32. The van der Waals surface area contributed by atoms with Crippen molar-refractivity contribution in [2.75, 3.05) is 12.3 Å². The van der Waals surface area contributed by atoms with Crippen LogP contribution >= 0.6 is 12.6 Å². The maximum atomic E-state index is 11.5. The summed E-state index contributed by atoms with van der Waals surface area (Å²) in [5.41, 5.74) is 0. The molecule has 0 aliphatic carbocycles. The number of hydrogen-bond donors (Lipinski definition) is 6. The number of aliphatic hydroxyl groups excluding tert-OH is 1. The van der Waals surface area contributed by atoms with Gasteiger partial charge in [0, 0.05) is 12.2 Å². The highest BCUT2D eigenvalue weighted by Gasteiger charge is 2.21. The van der Waals surface area contributed by atoms with E-state index in [0.717, 1.165) is 0 Å². The van der Waals surface area contributed by atoms with Gasteiger partial charge in [0.2, 0.25) is 11.8 Å². The van der Waals surface area contributed by atoms with Gasteiger partial charge in [-0.25, -0.2) is 4.79 Å². The first kappa shape index (κ1) is 18.2. The number of aliphatic carboxylic acids is 2. The van der Waals surface area contributed by atoms with Gasteiger partial charge in [0.1, 0.15) is 12.6 Å². The minimum atomic E-state index is -1.66. The van der Waals surface area contributed by atoms with E-state index in [0.29, 0.717) is 0 Å². The average Bonchev–Trinajstić information content (AvgIpc) is 2.38. The van der Waals surface area contributed by atoms with Crippen molar-refractivity contribution in [2.45, 2.75) is 25.0 Å². The molecule has 0 radical (unpaired) electrons. The molecule has 0 rings (SSSR count). The molecular weight excluding hydrogens is 292 g/mol. The molecule has 10 heteroatoms. The lowest BCUT2D eigenvalue weighted by molar-refractivity contribution is -0.147. The third-order valence-corrected chi connectivity index (χ3v) is 2.54. The summed E-state index contributed by atoms with van der Waals surface area (Å²) in [5, 5.41) is 30.1. The monoisotopic (exact) mass is 308 g/mol. The predicted octanol–water partition coefficient (Wildman–Crippen LogP) is -2.17. The maximum absolute atomic E-state index is 11.5. The van der Waals surface area contributed by atoms with Gasteiger partial charge in [0.15, 0.2) is 6.10 Å². The van der Waals surface area contributed by atoms with Crippen LogP contribution in [0.3, 0.4) is 0 Å². The van der Waals surface area contributed by atoms with Crippen LogP contribution in [0.25, 0.3) is 0 Å². The molecule has 0 heterocycles. The average molecular weight is 308 g/mol. The van der Waals surface area contributed by atoms with E-state index in [2.05, 4.69) is 23.3 Å². The summed E-state index contributed by atoms with van der Waals surface area (Å²) in [6, 6.07) is -1.04. The molecule has 0 aromatic heterocycles. The topological polar surface area (TPSA) is 153 Å². The second-order valence-electron chi connectivity index (χ2n) is 3.81. The quantitative estimate of drug-likeness (QED) is 0.265. The Bertz CT molecular complexity index is 388. The Hall–Kier alpha value is -1.81. The third-order valence-electron chi connectivity index (χ3n) is 2.18. The van der Waals surface area contributed by atoms with Crippen molar-refractivity contribution in [3.8, 4) is 0 Å². The predicted molar refractivity (Wildman–Crippen MR) is 69.3 cm³/mol. The highest BCUT2D eigenvalue weighted by Crippen LogP contribution is 1.98. The summed E-state index contributed by atoms with van der Waals surface area (Å²) in [6.07, 6.45) is -2.24. The smallest absolute Gasteiger partial charge is 0.332 e. The van der Waals surface area contributed by atoms with Crippen LogP contribution in [0.1, 0.15) is 12.8 Å². The van der Waals surface area contributed by atoms with Crippen molar-refractivity contribution in [1.82, 2.24) is 10.6 Å². The fraction of sp³-hybridized carbons (Fsp3) is 0.600. The number of carboxylic acids is 2. The normalized spacial score (nSPS) is 13.1. The number of nitrogens with one attached hydrogen (secondary N) is 2. The molecule has 0 fully saturated rings. The van der Waals surface area contributed by atoms with E-state index < -0.39 is 42.4 Å². The van der Waals surface area contributed by atoms with Crippen LogP contribution in [0.2, 0.25) is 0 Å². The van der Waals surface area contributed by atoms with Gasteiger partial charge in [-0.1, -0.05) is 0 Å². The Morgan fingerprint density at radius 3 is 2.20 bits per heavy atom. The van der Waals surface area contributed by atoms with E-state index in [9.17, 15) is 19.2 Å². The molecule has 0 aromatic rings. The highest BCUT2D eigenvalue weighted by molar-refractivity contribution is 7.80. The lowest BCUT2D eigenvalue weighted by atomic mass is 10.2. The summed E-state index contributed by atoms with van der Waals surface area (Å²) in [4.78, 5) is 43.5. The van der Waals surface area contributed by atoms with E-state index in [1.54, 1.807) is 0 Å². The van der Waals surface area contributed by atoms with Gasteiger partial charge in [0.25, 0.3) is 0 Å². The Labute approximate surface area is 119 Å². The van der Waals surface area contributed by atoms with Crippen molar-refractivity contribution >= 4 is 36.4 Å². The SMILES string of the molecule is O=C(O)CNC(=O)C(CS)NC(=O)CCC(O)C(=O)O. The fourth-order valence-electron chi connectivity index (χ4n) is 1.14. The van der Waals surface area contributed by atoms with Gasteiger partial charge in [-0.2, -0.15) is 12.6 Å².